The van der Waals surface area contributed by atoms with Crippen molar-refractivity contribution < 1.29 is 0 Å². The zero-order valence-corrected chi connectivity index (χ0v) is 9.95. The van der Waals surface area contributed by atoms with Crippen molar-refractivity contribution in [1.82, 2.24) is 14.9 Å². The van der Waals surface area contributed by atoms with Gasteiger partial charge in [-0.25, -0.2) is 4.98 Å². The molecule has 0 saturated carbocycles. The second kappa shape index (κ2) is 3.97. The standard InChI is InChI=1S/C12H21N3/c1-10(2)15-9-13-8-11(15)7-12(3)5-4-6-14-12/h8-10,14H,4-7H2,1-3H3. The maximum absolute atomic E-state index is 4.25. The highest BCUT2D eigenvalue weighted by atomic mass is 15.1. The molecule has 2 rings (SSSR count). The lowest BCUT2D eigenvalue weighted by atomic mass is 9.94. The molecule has 84 valence electrons. The summed E-state index contributed by atoms with van der Waals surface area (Å²) in [5.74, 6) is 0. The van der Waals surface area contributed by atoms with Crippen molar-refractivity contribution in [3.63, 3.8) is 0 Å². The first kappa shape index (κ1) is 10.7. The van der Waals surface area contributed by atoms with E-state index in [9.17, 15) is 0 Å². The van der Waals surface area contributed by atoms with Gasteiger partial charge in [0.05, 0.1) is 6.33 Å². The largest absolute Gasteiger partial charge is 0.332 e. The van der Waals surface area contributed by atoms with Crippen molar-refractivity contribution in [1.29, 1.82) is 0 Å². The van der Waals surface area contributed by atoms with Gasteiger partial charge in [-0.15, -0.1) is 0 Å². The Bertz CT molecular complexity index is 321. The fourth-order valence-corrected chi connectivity index (χ4v) is 2.44. The summed E-state index contributed by atoms with van der Waals surface area (Å²) in [5.41, 5.74) is 1.63. The number of hydrogen-bond acceptors (Lipinski definition) is 2. The Morgan fingerprint density at radius 1 is 1.60 bits per heavy atom. The van der Waals surface area contributed by atoms with Gasteiger partial charge in [0.25, 0.3) is 0 Å². The fraction of sp³-hybridized carbons (Fsp3) is 0.750. The molecule has 3 nitrogen and oxygen atoms in total. The molecule has 15 heavy (non-hydrogen) atoms. The number of nitrogens with zero attached hydrogens (tertiary/aromatic N) is 2. The third-order valence-corrected chi connectivity index (χ3v) is 3.33. The normalized spacial score (nSPS) is 26.4. The predicted octanol–water partition coefficient (Wildman–Crippen LogP) is 2.15. The van der Waals surface area contributed by atoms with Crippen LogP contribution in [0.3, 0.4) is 0 Å². The van der Waals surface area contributed by atoms with E-state index in [1.807, 2.05) is 12.5 Å². The van der Waals surface area contributed by atoms with Crippen molar-refractivity contribution in [2.24, 2.45) is 0 Å². The summed E-state index contributed by atoms with van der Waals surface area (Å²) >= 11 is 0. The maximum Gasteiger partial charge on any atom is 0.0950 e. The molecular formula is C12H21N3. The number of nitrogens with one attached hydrogen (secondary N) is 1. The van der Waals surface area contributed by atoms with E-state index in [4.69, 9.17) is 0 Å². The van der Waals surface area contributed by atoms with Crippen LogP contribution in [0, 0.1) is 0 Å². The van der Waals surface area contributed by atoms with E-state index >= 15 is 0 Å². The molecule has 0 spiro atoms. The Balaban J connectivity index is 2.13. The fourth-order valence-electron chi connectivity index (χ4n) is 2.44. The van der Waals surface area contributed by atoms with Gasteiger partial charge in [-0.3, -0.25) is 0 Å². The van der Waals surface area contributed by atoms with Gasteiger partial charge in [-0.1, -0.05) is 0 Å². The summed E-state index contributed by atoms with van der Waals surface area (Å²) in [6, 6.07) is 0.507. The highest BCUT2D eigenvalue weighted by Gasteiger charge is 2.29. The highest BCUT2D eigenvalue weighted by molar-refractivity contribution is 5.07. The molecule has 1 N–H and O–H groups in total. The van der Waals surface area contributed by atoms with Crippen LogP contribution in [0.1, 0.15) is 45.3 Å². The molecule has 0 amide bonds. The molecule has 1 atom stereocenters. The van der Waals surface area contributed by atoms with Gasteiger partial charge in [0.2, 0.25) is 0 Å². The number of hydrogen-bond donors (Lipinski definition) is 1. The van der Waals surface area contributed by atoms with Crippen LogP contribution in [-0.4, -0.2) is 21.6 Å². The van der Waals surface area contributed by atoms with Gasteiger partial charge in [-0.05, 0) is 40.2 Å². The molecule has 1 aromatic heterocycles. The summed E-state index contributed by atoms with van der Waals surface area (Å²) < 4.78 is 2.27. The van der Waals surface area contributed by atoms with Crippen molar-refractivity contribution in [2.75, 3.05) is 6.54 Å². The average Bonchev–Trinajstić information content (AvgIpc) is 2.75. The van der Waals surface area contributed by atoms with Crippen LogP contribution in [0.4, 0.5) is 0 Å². The van der Waals surface area contributed by atoms with Crippen LogP contribution >= 0.6 is 0 Å². The van der Waals surface area contributed by atoms with E-state index in [0.717, 1.165) is 13.0 Å². The smallest absolute Gasteiger partial charge is 0.0950 e. The molecule has 1 aromatic rings. The van der Waals surface area contributed by atoms with E-state index in [-0.39, 0.29) is 5.54 Å². The van der Waals surface area contributed by atoms with Crippen LogP contribution in [0.5, 0.6) is 0 Å². The molecule has 3 heteroatoms. The van der Waals surface area contributed by atoms with Crippen LogP contribution in [-0.2, 0) is 6.42 Å². The van der Waals surface area contributed by atoms with Gasteiger partial charge in [0.1, 0.15) is 0 Å². The van der Waals surface area contributed by atoms with Crippen molar-refractivity contribution in [3.05, 3.63) is 18.2 Å². The first-order valence-electron chi connectivity index (χ1n) is 5.86. The third kappa shape index (κ3) is 2.23. The van der Waals surface area contributed by atoms with E-state index in [1.54, 1.807) is 0 Å². The summed E-state index contributed by atoms with van der Waals surface area (Å²) in [6.07, 6.45) is 7.61. The lowest BCUT2D eigenvalue weighted by Crippen LogP contribution is -2.39. The first-order chi connectivity index (χ1) is 7.11. The molecule has 1 unspecified atom stereocenters. The minimum absolute atomic E-state index is 0.284. The lowest BCUT2D eigenvalue weighted by molar-refractivity contribution is 0.396. The van der Waals surface area contributed by atoms with Crippen molar-refractivity contribution >= 4 is 0 Å². The van der Waals surface area contributed by atoms with Crippen molar-refractivity contribution in [2.45, 2.75) is 51.6 Å². The van der Waals surface area contributed by atoms with Gasteiger partial charge < -0.3 is 9.88 Å². The van der Waals surface area contributed by atoms with Crippen molar-refractivity contribution in [3.8, 4) is 0 Å². The maximum atomic E-state index is 4.25. The molecule has 1 fully saturated rings. The van der Waals surface area contributed by atoms with Gasteiger partial charge >= 0.3 is 0 Å². The van der Waals surface area contributed by atoms with Crippen LogP contribution in [0.2, 0.25) is 0 Å². The Morgan fingerprint density at radius 2 is 2.40 bits per heavy atom. The van der Waals surface area contributed by atoms with Gasteiger partial charge in [0.15, 0.2) is 0 Å². The average molecular weight is 207 g/mol. The predicted molar refractivity (Wildman–Crippen MR) is 62.0 cm³/mol. The number of rotatable bonds is 3. The minimum Gasteiger partial charge on any atom is -0.332 e. The number of aromatic nitrogens is 2. The minimum atomic E-state index is 0.284. The highest BCUT2D eigenvalue weighted by Crippen LogP contribution is 2.24. The topological polar surface area (TPSA) is 29.9 Å². The van der Waals surface area contributed by atoms with E-state index < -0.39 is 0 Å². The summed E-state index contributed by atoms with van der Waals surface area (Å²) in [5, 5.41) is 3.60. The quantitative estimate of drug-likeness (QED) is 0.823. The lowest BCUT2D eigenvalue weighted by Gasteiger charge is -2.25. The van der Waals surface area contributed by atoms with Crippen LogP contribution in [0.15, 0.2) is 12.5 Å². The molecule has 0 radical (unpaired) electrons. The Hall–Kier alpha value is -0.830. The molecule has 1 saturated heterocycles. The number of imidazole rings is 1. The first-order valence-corrected chi connectivity index (χ1v) is 5.86. The summed E-state index contributed by atoms with van der Waals surface area (Å²) in [7, 11) is 0. The molecular weight excluding hydrogens is 186 g/mol. The molecule has 0 aromatic carbocycles. The summed E-state index contributed by atoms with van der Waals surface area (Å²) in [4.78, 5) is 4.25. The Morgan fingerprint density at radius 3 is 3.00 bits per heavy atom. The van der Waals surface area contributed by atoms with Crippen LogP contribution in [0.25, 0.3) is 0 Å². The molecule has 0 aliphatic carbocycles. The molecule has 1 aliphatic rings. The molecule has 1 aliphatic heterocycles. The second-order valence-electron chi connectivity index (χ2n) is 5.15. The van der Waals surface area contributed by atoms with E-state index in [1.165, 1.54) is 18.5 Å². The van der Waals surface area contributed by atoms with E-state index in [2.05, 4.69) is 35.6 Å². The Labute approximate surface area is 91.9 Å². The zero-order valence-electron chi connectivity index (χ0n) is 9.95. The van der Waals surface area contributed by atoms with Gasteiger partial charge in [-0.2, -0.15) is 0 Å². The third-order valence-electron chi connectivity index (χ3n) is 3.33. The van der Waals surface area contributed by atoms with Gasteiger partial charge in [0, 0.05) is 29.9 Å². The SMILES string of the molecule is CC(C)n1cncc1CC1(C)CCCN1. The zero-order chi connectivity index (χ0) is 10.9. The monoisotopic (exact) mass is 207 g/mol. The van der Waals surface area contributed by atoms with E-state index in [0.29, 0.717) is 6.04 Å². The van der Waals surface area contributed by atoms with Crippen LogP contribution < -0.4 is 5.32 Å². The molecule has 0 bridgehead atoms. The second-order valence-corrected chi connectivity index (χ2v) is 5.15. The Kier molecular flexibility index (Phi) is 2.83. The molecule has 2 heterocycles. The summed E-state index contributed by atoms with van der Waals surface area (Å²) in [6.45, 7) is 7.88.